The summed E-state index contributed by atoms with van der Waals surface area (Å²) in [6.07, 6.45) is 3.58. The number of hydrogen-bond acceptors (Lipinski definition) is 1. The van der Waals surface area contributed by atoms with E-state index in [0.717, 1.165) is 6.54 Å². The zero-order chi connectivity index (χ0) is 7.97. The highest BCUT2D eigenvalue weighted by Gasteiger charge is 2.25. The van der Waals surface area contributed by atoms with Crippen LogP contribution in [0.1, 0.15) is 17.5 Å². The molecule has 1 heteroatoms. The highest BCUT2D eigenvalue weighted by molar-refractivity contribution is 5.72. The van der Waals surface area contributed by atoms with Gasteiger partial charge in [-0.15, -0.1) is 0 Å². The lowest BCUT2D eigenvalue weighted by Gasteiger charge is -2.11. The number of fused-ring (bicyclic) bond motifs is 3. The van der Waals surface area contributed by atoms with Crippen LogP contribution in [0.25, 0.3) is 5.70 Å². The SMILES string of the molecule is C1=C2c3ccccc3CN2CC1. The molecule has 3 rings (SSSR count). The molecule has 0 atom stereocenters. The van der Waals surface area contributed by atoms with E-state index in [4.69, 9.17) is 0 Å². The lowest BCUT2D eigenvalue weighted by molar-refractivity contribution is 0.439. The molecule has 0 N–H and O–H groups in total. The van der Waals surface area contributed by atoms with E-state index in [1.165, 1.54) is 29.8 Å². The standard InChI is InChI=1S/C11H11N/c1-2-5-10-9(4-1)8-12-7-3-6-11(10)12/h1-2,4-6H,3,7-8H2. The Balaban J connectivity index is 2.20. The minimum Gasteiger partial charge on any atom is -0.367 e. The van der Waals surface area contributed by atoms with E-state index >= 15 is 0 Å². The van der Waals surface area contributed by atoms with Gasteiger partial charge in [0.2, 0.25) is 0 Å². The largest absolute Gasteiger partial charge is 0.367 e. The molecule has 0 amide bonds. The quantitative estimate of drug-likeness (QED) is 0.558. The molecule has 0 radical (unpaired) electrons. The Kier molecular flexibility index (Phi) is 1.12. The first-order valence-corrected chi connectivity index (χ1v) is 4.48. The fourth-order valence-electron chi connectivity index (χ4n) is 2.16. The maximum absolute atomic E-state index is 2.46. The molecule has 0 bridgehead atoms. The fourth-order valence-corrected chi connectivity index (χ4v) is 2.16. The second-order valence-electron chi connectivity index (χ2n) is 3.46. The van der Waals surface area contributed by atoms with Gasteiger partial charge in [-0.2, -0.15) is 0 Å². The van der Waals surface area contributed by atoms with Crippen molar-refractivity contribution < 1.29 is 0 Å². The molecular formula is C11H11N. The van der Waals surface area contributed by atoms with Crippen LogP contribution in [0.3, 0.4) is 0 Å². The molecule has 0 aromatic heterocycles. The molecule has 2 heterocycles. The van der Waals surface area contributed by atoms with Crippen LogP contribution >= 0.6 is 0 Å². The molecule has 2 aliphatic rings. The normalized spacial score (nSPS) is 19.0. The molecule has 0 spiro atoms. The average Bonchev–Trinajstić information content (AvgIpc) is 2.62. The zero-order valence-corrected chi connectivity index (χ0v) is 6.96. The van der Waals surface area contributed by atoms with Crippen LogP contribution in [0.5, 0.6) is 0 Å². The van der Waals surface area contributed by atoms with Gasteiger partial charge in [-0.3, -0.25) is 0 Å². The summed E-state index contributed by atoms with van der Waals surface area (Å²) in [5.74, 6) is 0. The molecular weight excluding hydrogens is 146 g/mol. The van der Waals surface area contributed by atoms with Crippen molar-refractivity contribution in [2.24, 2.45) is 0 Å². The van der Waals surface area contributed by atoms with Gasteiger partial charge in [0.15, 0.2) is 0 Å². The van der Waals surface area contributed by atoms with E-state index in [-0.39, 0.29) is 0 Å². The van der Waals surface area contributed by atoms with Crippen LogP contribution in [-0.4, -0.2) is 11.4 Å². The third-order valence-corrected chi connectivity index (χ3v) is 2.73. The first-order valence-electron chi connectivity index (χ1n) is 4.48. The molecule has 60 valence electrons. The highest BCUT2D eigenvalue weighted by atomic mass is 15.2. The Hall–Kier alpha value is -1.24. The maximum atomic E-state index is 2.46. The average molecular weight is 157 g/mol. The van der Waals surface area contributed by atoms with Gasteiger partial charge in [-0.1, -0.05) is 30.3 Å². The lowest BCUT2D eigenvalue weighted by Crippen LogP contribution is -2.10. The third-order valence-electron chi connectivity index (χ3n) is 2.73. The number of benzene rings is 1. The predicted octanol–water partition coefficient (Wildman–Crippen LogP) is 2.25. The van der Waals surface area contributed by atoms with E-state index < -0.39 is 0 Å². The molecule has 2 aliphatic heterocycles. The Morgan fingerprint density at radius 2 is 2.08 bits per heavy atom. The molecule has 0 fully saturated rings. The topological polar surface area (TPSA) is 3.24 Å². The molecule has 0 unspecified atom stereocenters. The Bertz CT molecular complexity index is 352. The monoisotopic (exact) mass is 157 g/mol. The predicted molar refractivity (Wildman–Crippen MR) is 49.4 cm³/mol. The van der Waals surface area contributed by atoms with E-state index in [2.05, 4.69) is 35.2 Å². The number of hydrogen-bond donors (Lipinski definition) is 0. The van der Waals surface area contributed by atoms with Gasteiger partial charge < -0.3 is 4.90 Å². The molecule has 0 saturated carbocycles. The summed E-state index contributed by atoms with van der Waals surface area (Å²) >= 11 is 0. The number of rotatable bonds is 0. The summed E-state index contributed by atoms with van der Waals surface area (Å²) in [5.41, 5.74) is 4.41. The summed E-state index contributed by atoms with van der Waals surface area (Å²) in [6, 6.07) is 8.71. The van der Waals surface area contributed by atoms with Gasteiger partial charge in [-0.05, 0) is 12.0 Å². The summed E-state index contributed by atoms with van der Waals surface area (Å²) in [7, 11) is 0. The molecule has 1 aromatic rings. The Morgan fingerprint density at radius 3 is 3.08 bits per heavy atom. The van der Waals surface area contributed by atoms with E-state index in [1.54, 1.807) is 0 Å². The van der Waals surface area contributed by atoms with Gasteiger partial charge in [0.1, 0.15) is 0 Å². The van der Waals surface area contributed by atoms with Gasteiger partial charge >= 0.3 is 0 Å². The van der Waals surface area contributed by atoms with Crippen molar-refractivity contribution >= 4 is 5.70 Å². The van der Waals surface area contributed by atoms with Crippen LogP contribution in [0.2, 0.25) is 0 Å². The van der Waals surface area contributed by atoms with Crippen molar-refractivity contribution in [3.05, 3.63) is 41.5 Å². The van der Waals surface area contributed by atoms with Crippen LogP contribution in [0.4, 0.5) is 0 Å². The minimum atomic E-state index is 1.13. The van der Waals surface area contributed by atoms with Gasteiger partial charge in [0, 0.05) is 24.4 Å². The van der Waals surface area contributed by atoms with Crippen LogP contribution < -0.4 is 0 Å². The van der Waals surface area contributed by atoms with Gasteiger partial charge in [0.05, 0.1) is 0 Å². The third kappa shape index (κ3) is 0.685. The molecule has 12 heavy (non-hydrogen) atoms. The fraction of sp³-hybridized carbons (Fsp3) is 0.273. The van der Waals surface area contributed by atoms with Crippen molar-refractivity contribution in [2.75, 3.05) is 6.54 Å². The smallest absolute Gasteiger partial charge is 0.0436 e. The van der Waals surface area contributed by atoms with E-state index in [0.29, 0.717) is 0 Å². The van der Waals surface area contributed by atoms with Crippen molar-refractivity contribution in [3.8, 4) is 0 Å². The maximum Gasteiger partial charge on any atom is 0.0436 e. The van der Waals surface area contributed by atoms with Crippen molar-refractivity contribution in [1.82, 2.24) is 4.90 Å². The highest BCUT2D eigenvalue weighted by Crippen LogP contribution is 2.35. The van der Waals surface area contributed by atoms with Crippen molar-refractivity contribution in [1.29, 1.82) is 0 Å². The zero-order valence-electron chi connectivity index (χ0n) is 6.96. The van der Waals surface area contributed by atoms with Crippen molar-refractivity contribution in [2.45, 2.75) is 13.0 Å². The Labute approximate surface area is 72.3 Å². The van der Waals surface area contributed by atoms with Crippen LogP contribution in [0, 0.1) is 0 Å². The first kappa shape index (κ1) is 6.30. The second kappa shape index (κ2) is 2.13. The molecule has 1 aromatic carbocycles. The summed E-state index contributed by atoms with van der Waals surface area (Å²) in [6.45, 7) is 2.34. The molecule has 1 nitrogen and oxygen atoms in total. The van der Waals surface area contributed by atoms with Crippen LogP contribution in [0.15, 0.2) is 30.3 Å². The van der Waals surface area contributed by atoms with Crippen LogP contribution in [-0.2, 0) is 6.54 Å². The second-order valence-corrected chi connectivity index (χ2v) is 3.46. The van der Waals surface area contributed by atoms with Crippen molar-refractivity contribution in [3.63, 3.8) is 0 Å². The Morgan fingerprint density at radius 1 is 1.17 bits per heavy atom. The summed E-state index contributed by atoms with van der Waals surface area (Å²) in [5, 5.41) is 0. The van der Waals surface area contributed by atoms with Gasteiger partial charge in [0.25, 0.3) is 0 Å². The summed E-state index contributed by atoms with van der Waals surface area (Å²) in [4.78, 5) is 2.46. The number of nitrogens with zero attached hydrogens (tertiary/aromatic N) is 1. The van der Waals surface area contributed by atoms with Gasteiger partial charge in [-0.25, -0.2) is 0 Å². The van der Waals surface area contributed by atoms with E-state index in [1.807, 2.05) is 0 Å². The lowest BCUT2D eigenvalue weighted by atomic mass is 10.1. The summed E-state index contributed by atoms with van der Waals surface area (Å²) < 4.78 is 0. The molecule has 0 saturated heterocycles. The first-order chi connectivity index (χ1) is 5.95. The molecule has 0 aliphatic carbocycles. The minimum absolute atomic E-state index is 1.13. The van der Waals surface area contributed by atoms with E-state index in [9.17, 15) is 0 Å².